The van der Waals surface area contributed by atoms with E-state index in [0.29, 0.717) is 34.1 Å². The highest BCUT2D eigenvalue weighted by Gasteiger charge is 2.13. The third-order valence-corrected chi connectivity index (χ3v) is 5.11. The fourth-order valence-electron chi connectivity index (χ4n) is 2.20. The van der Waals surface area contributed by atoms with Gasteiger partial charge in [0.2, 0.25) is 0 Å². The highest BCUT2D eigenvalue weighted by molar-refractivity contribution is 7.99. The Balaban J connectivity index is 1.46. The van der Waals surface area contributed by atoms with E-state index >= 15 is 0 Å². The van der Waals surface area contributed by atoms with Gasteiger partial charge in [0, 0.05) is 17.8 Å². The Morgan fingerprint density at radius 3 is 2.48 bits per heavy atom. The van der Waals surface area contributed by atoms with Gasteiger partial charge in [-0.05, 0) is 36.4 Å². The summed E-state index contributed by atoms with van der Waals surface area (Å²) < 4.78 is 13.1. The molecule has 0 saturated heterocycles. The zero-order valence-electron chi connectivity index (χ0n) is 14.8. The highest BCUT2D eigenvalue weighted by Crippen LogP contribution is 2.20. The third-order valence-electron chi connectivity index (χ3n) is 3.70. The molecule has 0 saturated carbocycles. The topological polar surface area (TPSA) is 69.4 Å². The van der Waals surface area contributed by atoms with Crippen LogP contribution in [0.25, 0.3) is 0 Å². The third kappa shape index (κ3) is 5.89. The van der Waals surface area contributed by atoms with Crippen LogP contribution in [0.4, 0.5) is 0 Å². The van der Waals surface area contributed by atoms with E-state index in [9.17, 15) is 5.11 Å². The molecule has 0 fully saturated rings. The van der Waals surface area contributed by atoms with Gasteiger partial charge in [-0.15, -0.1) is 10.2 Å². The van der Waals surface area contributed by atoms with Crippen LogP contribution in [-0.2, 0) is 13.7 Å². The molecule has 0 aliphatic carbocycles. The quantitative estimate of drug-likeness (QED) is 0.549. The van der Waals surface area contributed by atoms with Gasteiger partial charge >= 0.3 is 0 Å². The number of hydrogen-bond donors (Lipinski definition) is 1. The van der Waals surface area contributed by atoms with E-state index in [1.54, 1.807) is 24.3 Å². The average molecular weight is 406 g/mol. The predicted octanol–water partition coefficient (Wildman–Crippen LogP) is 3.58. The number of rotatable bonds is 9. The first-order valence-corrected chi connectivity index (χ1v) is 9.73. The molecule has 1 atom stereocenters. The molecule has 0 amide bonds. The standard InChI is InChI=1S/C19H20ClN3O3S/c1-23-18(12-26-17-9-7-14(20)8-10-17)21-22-19(23)27-13-15(24)11-25-16-5-3-2-4-6-16/h2-10,15,24H,11-13H2,1H3/t15-/m1/s1. The van der Waals surface area contributed by atoms with E-state index in [4.69, 9.17) is 21.1 Å². The first kappa shape index (κ1) is 19.5. The molecule has 1 N–H and O–H groups in total. The summed E-state index contributed by atoms with van der Waals surface area (Å²) in [6.07, 6.45) is -0.610. The highest BCUT2D eigenvalue weighted by atomic mass is 35.5. The number of aliphatic hydroxyl groups excluding tert-OH is 1. The number of nitrogens with zero attached hydrogens (tertiary/aromatic N) is 3. The lowest BCUT2D eigenvalue weighted by atomic mass is 10.3. The normalized spacial score (nSPS) is 12.0. The van der Waals surface area contributed by atoms with Crippen molar-refractivity contribution in [1.82, 2.24) is 14.8 Å². The van der Waals surface area contributed by atoms with E-state index in [-0.39, 0.29) is 6.61 Å². The Morgan fingerprint density at radius 1 is 1.04 bits per heavy atom. The van der Waals surface area contributed by atoms with Crippen molar-refractivity contribution in [3.8, 4) is 11.5 Å². The maximum atomic E-state index is 10.1. The van der Waals surface area contributed by atoms with Gasteiger partial charge < -0.3 is 19.1 Å². The monoisotopic (exact) mass is 405 g/mol. The molecule has 142 valence electrons. The van der Waals surface area contributed by atoms with Crippen molar-refractivity contribution in [3.63, 3.8) is 0 Å². The number of thioether (sulfide) groups is 1. The van der Waals surface area contributed by atoms with Crippen molar-refractivity contribution in [3.05, 3.63) is 65.4 Å². The van der Waals surface area contributed by atoms with Crippen LogP contribution in [0.3, 0.4) is 0 Å². The first-order chi connectivity index (χ1) is 13.1. The summed E-state index contributed by atoms with van der Waals surface area (Å²) in [5.74, 6) is 2.60. The Kier molecular flexibility index (Phi) is 6.98. The molecule has 0 aliphatic rings. The van der Waals surface area contributed by atoms with Crippen LogP contribution >= 0.6 is 23.4 Å². The maximum absolute atomic E-state index is 10.1. The minimum atomic E-state index is -0.610. The average Bonchev–Trinajstić information content (AvgIpc) is 3.05. The van der Waals surface area contributed by atoms with Crippen molar-refractivity contribution in [2.24, 2.45) is 7.05 Å². The second kappa shape index (κ2) is 9.64. The number of aliphatic hydroxyl groups is 1. The predicted molar refractivity (Wildman–Crippen MR) is 105 cm³/mol. The van der Waals surface area contributed by atoms with Gasteiger partial charge in [0.1, 0.15) is 24.7 Å². The number of hydrogen-bond acceptors (Lipinski definition) is 6. The van der Waals surface area contributed by atoms with Gasteiger partial charge in [-0.25, -0.2) is 0 Å². The molecule has 1 heterocycles. The molecule has 2 aromatic carbocycles. The zero-order valence-corrected chi connectivity index (χ0v) is 16.4. The lowest BCUT2D eigenvalue weighted by Gasteiger charge is -2.12. The van der Waals surface area contributed by atoms with Gasteiger partial charge in [-0.3, -0.25) is 0 Å². The smallest absolute Gasteiger partial charge is 0.191 e. The van der Waals surface area contributed by atoms with E-state index in [2.05, 4.69) is 10.2 Å². The van der Waals surface area contributed by atoms with Gasteiger partial charge in [0.25, 0.3) is 0 Å². The van der Waals surface area contributed by atoms with E-state index in [0.717, 1.165) is 5.75 Å². The van der Waals surface area contributed by atoms with Crippen molar-refractivity contribution < 1.29 is 14.6 Å². The second-order valence-corrected chi connectivity index (χ2v) is 7.21. The van der Waals surface area contributed by atoms with E-state index < -0.39 is 6.10 Å². The van der Waals surface area contributed by atoms with Crippen molar-refractivity contribution in [2.75, 3.05) is 12.4 Å². The molecule has 3 aromatic rings. The Labute approximate surface area is 167 Å². The molecule has 1 aromatic heterocycles. The summed E-state index contributed by atoms with van der Waals surface area (Å²) >= 11 is 7.28. The van der Waals surface area contributed by atoms with Crippen LogP contribution in [0, 0.1) is 0 Å². The summed E-state index contributed by atoms with van der Waals surface area (Å²) in [7, 11) is 1.87. The summed E-state index contributed by atoms with van der Waals surface area (Å²) in [6.45, 7) is 0.521. The molecule has 27 heavy (non-hydrogen) atoms. The summed E-state index contributed by atoms with van der Waals surface area (Å²) in [4.78, 5) is 0. The van der Waals surface area contributed by atoms with Crippen LogP contribution in [0.5, 0.6) is 11.5 Å². The number of aromatic nitrogens is 3. The molecular formula is C19H20ClN3O3S. The van der Waals surface area contributed by atoms with Crippen LogP contribution in [0.15, 0.2) is 59.8 Å². The van der Waals surface area contributed by atoms with Crippen LogP contribution in [-0.4, -0.2) is 38.3 Å². The lowest BCUT2D eigenvalue weighted by molar-refractivity contribution is 0.126. The molecule has 0 unspecified atom stereocenters. The first-order valence-electron chi connectivity index (χ1n) is 8.37. The summed E-state index contributed by atoms with van der Waals surface area (Å²) in [5, 5.41) is 19.8. The van der Waals surface area contributed by atoms with Crippen LogP contribution in [0.1, 0.15) is 5.82 Å². The molecule has 0 radical (unpaired) electrons. The SMILES string of the molecule is Cn1c(COc2ccc(Cl)cc2)nnc1SC[C@H](O)COc1ccccc1. The fraction of sp³-hybridized carbons (Fsp3) is 0.263. The number of para-hydroxylation sites is 1. The molecule has 0 bridgehead atoms. The minimum Gasteiger partial charge on any atom is -0.491 e. The minimum absolute atomic E-state index is 0.224. The van der Waals surface area contributed by atoms with Crippen LogP contribution < -0.4 is 9.47 Å². The number of ether oxygens (including phenoxy) is 2. The number of benzene rings is 2. The van der Waals surface area contributed by atoms with E-state index in [1.807, 2.05) is 41.9 Å². The van der Waals surface area contributed by atoms with Crippen molar-refractivity contribution in [2.45, 2.75) is 17.9 Å². The van der Waals surface area contributed by atoms with Crippen LogP contribution in [0.2, 0.25) is 5.02 Å². The fourth-order valence-corrected chi connectivity index (χ4v) is 3.16. The molecular weight excluding hydrogens is 386 g/mol. The molecule has 3 rings (SSSR count). The summed E-state index contributed by atoms with van der Waals surface area (Å²) in [6, 6.07) is 16.6. The van der Waals surface area contributed by atoms with Gasteiger partial charge in [0.15, 0.2) is 11.0 Å². The molecule has 0 aliphatic heterocycles. The second-order valence-electron chi connectivity index (χ2n) is 5.79. The largest absolute Gasteiger partial charge is 0.491 e. The van der Waals surface area contributed by atoms with Crippen molar-refractivity contribution in [1.29, 1.82) is 0 Å². The lowest BCUT2D eigenvalue weighted by Crippen LogP contribution is -2.20. The Bertz CT molecular complexity index is 843. The van der Waals surface area contributed by atoms with Gasteiger partial charge in [0.05, 0.1) is 6.10 Å². The molecule has 6 nitrogen and oxygen atoms in total. The van der Waals surface area contributed by atoms with Crippen molar-refractivity contribution >= 4 is 23.4 Å². The molecule has 0 spiro atoms. The Morgan fingerprint density at radius 2 is 1.74 bits per heavy atom. The van der Waals surface area contributed by atoms with E-state index in [1.165, 1.54) is 11.8 Å². The van der Waals surface area contributed by atoms with Gasteiger partial charge in [-0.1, -0.05) is 41.6 Å². The zero-order chi connectivity index (χ0) is 19.1. The van der Waals surface area contributed by atoms with Gasteiger partial charge in [-0.2, -0.15) is 0 Å². The molecule has 8 heteroatoms. The Hall–Kier alpha value is -2.22. The summed E-state index contributed by atoms with van der Waals surface area (Å²) in [5.41, 5.74) is 0. The maximum Gasteiger partial charge on any atom is 0.191 e. The number of halogens is 1.